The Hall–Kier alpha value is 0.0300. The molecule has 2 aliphatic heterocycles. The van der Waals surface area contributed by atoms with Crippen LogP contribution in [0.4, 0.5) is 5.82 Å². The molecule has 0 spiro atoms. The van der Waals surface area contributed by atoms with Crippen molar-refractivity contribution in [2.24, 2.45) is 5.73 Å². The highest BCUT2D eigenvalue weighted by Crippen LogP contribution is 2.24. The van der Waals surface area contributed by atoms with Crippen molar-refractivity contribution >= 4 is 54.6 Å². The minimum atomic E-state index is 0. The molecular formula is C14H24Cl4N4. The lowest BCUT2D eigenvalue weighted by Gasteiger charge is -2.34. The summed E-state index contributed by atoms with van der Waals surface area (Å²) in [7, 11) is 0. The van der Waals surface area contributed by atoms with Crippen LogP contribution in [0, 0.1) is 0 Å². The number of likely N-dealkylation sites (tertiary alicyclic amines) is 1. The third kappa shape index (κ3) is 5.29. The Bertz CT molecular complexity index is 423. The average Bonchev–Trinajstić information content (AvgIpc) is 2.90. The molecule has 0 bridgehead atoms. The van der Waals surface area contributed by atoms with Crippen LogP contribution in [-0.2, 0) is 0 Å². The summed E-state index contributed by atoms with van der Waals surface area (Å²) in [6, 6.07) is 4.99. The lowest BCUT2D eigenvalue weighted by molar-refractivity contribution is 0.163. The second-order valence-corrected chi connectivity index (χ2v) is 6.03. The van der Waals surface area contributed by atoms with Crippen LogP contribution in [0.5, 0.6) is 0 Å². The first-order chi connectivity index (χ1) is 9.22. The van der Waals surface area contributed by atoms with Crippen LogP contribution in [0.1, 0.15) is 19.3 Å². The number of nitrogens with zero attached hydrogens (tertiary/aromatic N) is 3. The van der Waals surface area contributed by atoms with Crippen molar-refractivity contribution in [3.8, 4) is 0 Å². The second-order valence-electron chi connectivity index (χ2n) is 5.60. The molecule has 1 atom stereocenters. The fourth-order valence-electron chi connectivity index (χ4n) is 3.09. The molecule has 0 amide bonds. The van der Waals surface area contributed by atoms with Crippen molar-refractivity contribution in [3.63, 3.8) is 0 Å². The lowest BCUT2D eigenvalue weighted by atomic mass is 10.0. The number of aromatic nitrogens is 1. The number of pyridine rings is 1. The van der Waals surface area contributed by atoms with Gasteiger partial charge in [-0.1, -0.05) is 11.6 Å². The zero-order chi connectivity index (χ0) is 13.2. The summed E-state index contributed by atoms with van der Waals surface area (Å²) in [6.45, 7) is 4.45. The summed E-state index contributed by atoms with van der Waals surface area (Å²) < 4.78 is 0. The zero-order valence-corrected chi connectivity index (χ0v) is 15.6. The third-order valence-electron chi connectivity index (χ3n) is 4.29. The van der Waals surface area contributed by atoms with Crippen LogP contribution < -0.4 is 10.6 Å². The van der Waals surface area contributed by atoms with Crippen molar-refractivity contribution < 1.29 is 0 Å². The van der Waals surface area contributed by atoms with Gasteiger partial charge in [0.1, 0.15) is 5.82 Å². The number of nitrogens with two attached hydrogens (primary N) is 1. The van der Waals surface area contributed by atoms with Crippen molar-refractivity contribution in [2.45, 2.75) is 31.3 Å². The monoisotopic (exact) mass is 388 g/mol. The standard InChI is InChI=1S/C14H21ClN4.3ClH/c15-11-1-2-14(17-9-11)19-8-5-13(10-19)18-6-3-12(16)4-7-18;;;/h1-2,9,12-13H,3-8,10,16H2;3*1H. The van der Waals surface area contributed by atoms with Crippen molar-refractivity contribution in [2.75, 3.05) is 31.1 Å². The van der Waals surface area contributed by atoms with E-state index in [1.54, 1.807) is 6.20 Å². The molecule has 0 aromatic carbocycles. The van der Waals surface area contributed by atoms with E-state index >= 15 is 0 Å². The number of halogens is 4. The molecule has 2 N–H and O–H groups in total. The maximum Gasteiger partial charge on any atom is 0.128 e. The van der Waals surface area contributed by atoms with E-state index in [2.05, 4.69) is 14.8 Å². The van der Waals surface area contributed by atoms with Gasteiger partial charge in [-0.15, -0.1) is 37.2 Å². The van der Waals surface area contributed by atoms with Gasteiger partial charge in [0.25, 0.3) is 0 Å². The van der Waals surface area contributed by atoms with Crippen LogP contribution in [0.25, 0.3) is 0 Å². The molecule has 1 aromatic heterocycles. The van der Waals surface area contributed by atoms with E-state index in [1.807, 2.05) is 12.1 Å². The van der Waals surface area contributed by atoms with E-state index in [0.717, 1.165) is 44.8 Å². The number of anilines is 1. The first-order valence-corrected chi connectivity index (χ1v) is 7.46. The largest absolute Gasteiger partial charge is 0.355 e. The topological polar surface area (TPSA) is 45.4 Å². The molecule has 2 aliphatic rings. The fourth-order valence-corrected chi connectivity index (χ4v) is 3.20. The predicted octanol–water partition coefficient (Wildman–Crippen LogP) is 3.00. The van der Waals surface area contributed by atoms with E-state index in [-0.39, 0.29) is 37.2 Å². The summed E-state index contributed by atoms with van der Waals surface area (Å²) in [5.41, 5.74) is 5.97. The number of piperidine rings is 1. The highest BCUT2D eigenvalue weighted by atomic mass is 35.5. The Morgan fingerprint density at radius 1 is 1.05 bits per heavy atom. The molecule has 2 fully saturated rings. The number of hydrogen-bond acceptors (Lipinski definition) is 4. The molecular weight excluding hydrogens is 366 g/mol. The molecule has 0 radical (unpaired) electrons. The van der Waals surface area contributed by atoms with Gasteiger partial charge >= 0.3 is 0 Å². The smallest absolute Gasteiger partial charge is 0.128 e. The van der Waals surface area contributed by atoms with Crippen LogP contribution in [-0.4, -0.2) is 48.1 Å². The second kappa shape index (κ2) is 10.0. The van der Waals surface area contributed by atoms with Crippen LogP contribution in [0.15, 0.2) is 18.3 Å². The van der Waals surface area contributed by atoms with Gasteiger partial charge in [0, 0.05) is 31.4 Å². The van der Waals surface area contributed by atoms with Crippen LogP contribution >= 0.6 is 48.8 Å². The molecule has 0 aliphatic carbocycles. The fraction of sp³-hybridized carbons (Fsp3) is 0.643. The van der Waals surface area contributed by atoms with E-state index in [1.165, 1.54) is 6.42 Å². The molecule has 0 saturated carbocycles. The summed E-state index contributed by atoms with van der Waals surface area (Å²) in [6.07, 6.45) is 5.22. The summed E-state index contributed by atoms with van der Waals surface area (Å²) in [5, 5.41) is 0.699. The Kier molecular flexibility index (Phi) is 10.0. The van der Waals surface area contributed by atoms with Gasteiger partial charge in [-0.05, 0) is 44.5 Å². The van der Waals surface area contributed by atoms with Crippen LogP contribution in [0.2, 0.25) is 5.02 Å². The van der Waals surface area contributed by atoms with Gasteiger partial charge < -0.3 is 10.6 Å². The molecule has 128 valence electrons. The van der Waals surface area contributed by atoms with E-state index in [4.69, 9.17) is 17.3 Å². The lowest BCUT2D eigenvalue weighted by Crippen LogP contribution is -2.46. The Morgan fingerprint density at radius 3 is 2.32 bits per heavy atom. The Balaban J connectivity index is 0.00000147. The van der Waals surface area contributed by atoms with Gasteiger partial charge in [0.2, 0.25) is 0 Å². The number of rotatable bonds is 2. The van der Waals surface area contributed by atoms with Crippen LogP contribution in [0.3, 0.4) is 0 Å². The van der Waals surface area contributed by atoms with E-state index in [9.17, 15) is 0 Å². The molecule has 2 saturated heterocycles. The Morgan fingerprint density at radius 2 is 1.73 bits per heavy atom. The SMILES string of the molecule is Cl.Cl.Cl.NC1CCN(C2CCN(c3ccc(Cl)cn3)C2)CC1. The predicted molar refractivity (Wildman–Crippen MR) is 100 cm³/mol. The summed E-state index contributed by atoms with van der Waals surface area (Å²) >= 11 is 5.88. The van der Waals surface area contributed by atoms with Crippen molar-refractivity contribution in [1.29, 1.82) is 0 Å². The minimum absolute atomic E-state index is 0. The van der Waals surface area contributed by atoms with Gasteiger partial charge in [-0.3, -0.25) is 4.90 Å². The average molecular weight is 390 g/mol. The van der Waals surface area contributed by atoms with Gasteiger partial charge in [0.05, 0.1) is 5.02 Å². The Labute approximate surface area is 156 Å². The van der Waals surface area contributed by atoms with Gasteiger partial charge in [-0.2, -0.15) is 0 Å². The minimum Gasteiger partial charge on any atom is -0.355 e. The van der Waals surface area contributed by atoms with Crippen molar-refractivity contribution in [3.05, 3.63) is 23.4 Å². The maximum absolute atomic E-state index is 5.97. The molecule has 3 rings (SSSR count). The highest BCUT2D eigenvalue weighted by Gasteiger charge is 2.30. The summed E-state index contributed by atoms with van der Waals surface area (Å²) in [4.78, 5) is 9.36. The van der Waals surface area contributed by atoms with Gasteiger partial charge in [-0.25, -0.2) is 4.98 Å². The quantitative estimate of drug-likeness (QED) is 0.844. The molecule has 1 aromatic rings. The molecule has 4 nitrogen and oxygen atoms in total. The van der Waals surface area contributed by atoms with E-state index < -0.39 is 0 Å². The first-order valence-electron chi connectivity index (χ1n) is 7.08. The molecule has 3 heterocycles. The maximum atomic E-state index is 5.97. The first kappa shape index (κ1) is 22.0. The third-order valence-corrected chi connectivity index (χ3v) is 4.51. The molecule has 8 heteroatoms. The summed E-state index contributed by atoms with van der Waals surface area (Å²) in [5.74, 6) is 1.04. The molecule has 22 heavy (non-hydrogen) atoms. The van der Waals surface area contributed by atoms with Crippen molar-refractivity contribution in [1.82, 2.24) is 9.88 Å². The molecule has 1 unspecified atom stereocenters. The highest BCUT2D eigenvalue weighted by molar-refractivity contribution is 6.30. The number of hydrogen-bond donors (Lipinski definition) is 1. The van der Waals surface area contributed by atoms with Gasteiger partial charge in [0.15, 0.2) is 0 Å². The normalized spacial score (nSPS) is 22.5. The zero-order valence-electron chi connectivity index (χ0n) is 12.4. The van der Waals surface area contributed by atoms with E-state index in [0.29, 0.717) is 17.1 Å².